The van der Waals surface area contributed by atoms with Gasteiger partial charge in [-0.05, 0) is 25.0 Å². The fourth-order valence-corrected chi connectivity index (χ4v) is 4.47. The van der Waals surface area contributed by atoms with Gasteiger partial charge in [0.25, 0.3) is 11.5 Å². The van der Waals surface area contributed by atoms with Crippen molar-refractivity contribution in [2.45, 2.75) is 25.4 Å². The Morgan fingerprint density at radius 3 is 2.94 bits per heavy atom. The molecule has 31 heavy (non-hydrogen) atoms. The van der Waals surface area contributed by atoms with Crippen molar-refractivity contribution in [1.82, 2.24) is 19.5 Å². The Morgan fingerprint density at radius 1 is 1.26 bits per heavy atom. The van der Waals surface area contributed by atoms with E-state index in [-0.39, 0.29) is 30.7 Å². The number of fused-ring (bicyclic) bond motifs is 4. The van der Waals surface area contributed by atoms with Crippen molar-refractivity contribution in [3.8, 4) is 0 Å². The topological polar surface area (TPSA) is 116 Å². The molecule has 2 aliphatic rings. The normalized spacial score (nSPS) is 18.1. The van der Waals surface area contributed by atoms with Crippen LogP contribution in [0.15, 0.2) is 35.5 Å². The van der Waals surface area contributed by atoms with Crippen molar-refractivity contribution < 1.29 is 9.90 Å². The molecule has 2 aromatic heterocycles. The first-order valence-electron chi connectivity index (χ1n) is 10.3. The van der Waals surface area contributed by atoms with E-state index >= 15 is 0 Å². The second-order valence-corrected chi connectivity index (χ2v) is 7.73. The first kappa shape index (κ1) is 19.4. The molecule has 3 aromatic rings. The number of aromatic nitrogens is 4. The second kappa shape index (κ2) is 7.62. The van der Waals surface area contributed by atoms with Crippen LogP contribution in [0.3, 0.4) is 0 Å². The predicted molar refractivity (Wildman–Crippen MR) is 117 cm³/mol. The molecule has 10 nitrogen and oxygen atoms in total. The number of benzene rings is 1. The summed E-state index contributed by atoms with van der Waals surface area (Å²) in [5.41, 5.74) is 1.26. The van der Waals surface area contributed by atoms with E-state index < -0.39 is 0 Å². The van der Waals surface area contributed by atoms with Gasteiger partial charge in [0, 0.05) is 32.4 Å². The summed E-state index contributed by atoms with van der Waals surface area (Å²) < 4.78 is 1.37. The molecule has 5 rings (SSSR count). The van der Waals surface area contributed by atoms with Gasteiger partial charge in [0.05, 0.1) is 30.6 Å². The average molecular weight is 421 g/mol. The molecule has 1 amide bonds. The Morgan fingerprint density at radius 2 is 2.13 bits per heavy atom. The number of amides is 1. The molecule has 1 saturated heterocycles. The van der Waals surface area contributed by atoms with E-state index in [0.717, 1.165) is 19.4 Å². The number of carbonyl (C=O) groups excluding carboxylic acids is 1. The predicted octanol–water partition coefficient (Wildman–Crippen LogP) is 0.850. The third kappa shape index (κ3) is 3.10. The molecule has 2 N–H and O–H groups in total. The van der Waals surface area contributed by atoms with Gasteiger partial charge in [-0.1, -0.05) is 6.07 Å². The lowest BCUT2D eigenvalue weighted by molar-refractivity contribution is 0.0988. The fraction of sp³-hybridized carbons (Fsp3) is 0.381. The molecular weight excluding hydrogens is 398 g/mol. The lowest BCUT2D eigenvalue weighted by atomic mass is 10.1. The first-order chi connectivity index (χ1) is 15.1. The molecule has 1 aromatic carbocycles. The average Bonchev–Trinajstić information content (AvgIpc) is 3.22. The van der Waals surface area contributed by atoms with Crippen LogP contribution in [0.5, 0.6) is 0 Å². The number of nitrogens with one attached hydrogen (secondary N) is 1. The Labute approximate surface area is 178 Å². The standard InChI is InChI=1S/C21H23N7O3/c1-22-21-23-10-15-18(25-21)27-7-3-4-13(27)11-28(20(15)31)16-6-2-5-14-17(16)24-12-26(8-9-29)19(14)30/h2,5-6,10,12-13,29H,3-4,7-9,11H2,1H3,(H,22,23,25)/t13-/m0/s1. The van der Waals surface area contributed by atoms with Gasteiger partial charge in [-0.2, -0.15) is 4.98 Å². The molecule has 0 spiro atoms. The van der Waals surface area contributed by atoms with Gasteiger partial charge in [-0.15, -0.1) is 0 Å². The van der Waals surface area contributed by atoms with E-state index in [1.807, 2.05) is 6.07 Å². The number of aliphatic hydroxyl groups is 1. The summed E-state index contributed by atoms with van der Waals surface area (Å²) in [4.78, 5) is 43.7. The zero-order valence-corrected chi connectivity index (χ0v) is 17.2. The fourth-order valence-electron chi connectivity index (χ4n) is 4.47. The Bertz CT molecular complexity index is 1230. The molecule has 160 valence electrons. The van der Waals surface area contributed by atoms with E-state index in [0.29, 0.717) is 40.5 Å². The van der Waals surface area contributed by atoms with Crippen molar-refractivity contribution in [3.05, 3.63) is 46.6 Å². The van der Waals surface area contributed by atoms with Crippen molar-refractivity contribution in [2.24, 2.45) is 0 Å². The van der Waals surface area contributed by atoms with Crippen LogP contribution in [-0.4, -0.2) is 63.3 Å². The third-order valence-electron chi connectivity index (χ3n) is 5.97. The number of hydrogen-bond donors (Lipinski definition) is 2. The summed E-state index contributed by atoms with van der Waals surface area (Å²) in [6.45, 7) is 1.33. The molecule has 0 radical (unpaired) electrons. The van der Waals surface area contributed by atoms with Crippen LogP contribution < -0.4 is 20.7 Å². The molecule has 1 fully saturated rings. The Hall–Kier alpha value is -3.53. The number of hydrogen-bond acceptors (Lipinski definition) is 8. The minimum absolute atomic E-state index is 0.120. The quantitative estimate of drug-likeness (QED) is 0.637. The Kier molecular flexibility index (Phi) is 4.78. The van der Waals surface area contributed by atoms with Gasteiger partial charge in [0.15, 0.2) is 0 Å². The highest BCUT2D eigenvalue weighted by atomic mass is 16.3. The number of carbonyl (C=O) groups is 1. The monoisotopic (exact) mass is 421 g/mol. The zero-order valence-electron chi connectivity index (χ0n) is 17.2. The minimum atomic E-state index is -0.243. The van der Waals surface area contributed by atoms with Crippen LogP contribution in [0.4, 0.5) is 17.5 Å². The van der Waals surface area contributed by atoms with E-state index in [1.54, 1.807) is 30.3 Å². The number of aliphatic hydroxyl groups excluding tert-OH is 1. The Balaban J connectivity index is 1.66. The summed E-state index contributed by atoms with van der Waals surface area (Å²) in [6.07, 6.45) is 4.95. The van der Waals surface area contributed by atoms with Gasteiger partial charge in [0.2, 0.25) is 5.95 Å². The number of rotatable bonds is 4. The highest BCUT2D eigenvalue weighted by Crippen LogP contribution is 2.35. The van der Waals surface area contributed by atoms with Gasteiger partial charge in [-0.3, -0.25) is 14.2 Å². The largest absolute Gasteiger partial charge is 0.395 e. The number of para-hydroxylation sites is 1. The van der Waals surface area contributed by atoms with E-state index in [9.17, 15) is 14.7 Å². The van der Waals surface area contributed by atoms with Crippen molar-refractivity contribution in [2.75, 3.05) is 41.9 Å². The molecule has 2 aliphatic heterocycles. The summed E-state index contributed by atoms with van der Waals surface area (Å²) in [5, 5.41) is 12.6. The molecule has 0 bridgehead atoms. The molecule has 0 aliphatic carbocycles. The van der Waals surface area contributed by atoms with Crippen molar-refractivity contribution in [3.63, 3.8) is 0 Å². The molecule has 0 unspecified atom stereocenters. The van der Waals surface area contributed by atoms with Crippen molar-refractivity contribution >= 4 is 34.3 Å². The van der Waals surface area contributed by atoms with E-state index in [4.69, 9.17) is 0 Å². The first-order valence-corrected chi connectivity index (χ1v) is 10.3. The van der Waals surface area contributed by atoms with Crippen LogP contribution in [-0.2, 0) is 6.54 Å². The zero-order chi connectivity index (χ0) is 21.5. The highest BCUT2D eigenvalue weighted by molar-refractivity contribution is 6.13. The van der Waals surface area contributed by atoms with Crippen LogP contribution >= 0.6 is 0 Å². The maximum absolute atomic E-state index is 13.6. The summed E-state index contributed by atoms with van der Waals surface area (Å²) in [6, 6.07) is 5.39. The lowest BCUT2D eigenvalue weighted by Crippen LogP contribution is -2.40. The summed E-state index contributed by atoms with van der Waals surface area (Å²) in [5.74, 6) is 0.913. The van der Waals surface area contributed by atoms with Crippen LogP contribution in [0, 0.1) is 0 Å². The second-order valence-electron chi connectivity index (χ2n) is 7.73. The van der Waals surface area contributed by atoms with Gasteiger partial charge < -0.3 is 20.2 Å². The number of anilines is 3. The smallest absolute Gasteiger partial charge is 0.263 e. The summed E-state index contributed by atoms with van der Waals surface area (Å²) in [7, 11) is 1.75. The van der Waals surface area contributed by atoms with Gasteiger partial charge in [0.1, 0.15) is 16.9 Å². The lowest BCUT2D eigenvalue weighted by Gasteiger charge is -2.27. The molecule has 1 atom stereocenters. The molecule has 0 saturated carbocycles. The highest BCUT2D eigenvalue weighted by Gasteiger charge is 2.38. The molecular formula is C21H23N7O3. The van der Waals surface area contributed by atoms with E-state index in [2.05, 4.69) is 25.2 Å². The van der Waals surface area contributed by atoms with Crippen LogP contribution in [0.1, 0.15) is 23.2 Å². The number of nitrogens with zero attached hydrogens (tertiary/aromatic N) is 6. The van der Waals surface area contributed by atoms with Crippen LogP contribution in [0.25, 0.3) is 10.9 Å². The molecule has 4 heterocycles. The van der Waals surface area contributed by atoms with Crippen molar-refractivity contribution in [1.29, 1.82) is 0 Å². The third-order valence-corrected chi connectivity index (χ3v) is 5.97. The minimum Gasteiger partial charge on any atom is -0.395 e. The van der Waals surface area contributed by atoms with Gasteiger partial charge in [-0.25, -0.2) is 9.97 Å². The van der Waals surface area contributed by atoms with Crippen LogP contribution in [0.2, 0.25) is 0 Å². The molecule has 10 heteroatoms. The maximum Gasteiger partial charge on any atom is 0.263 e. The van der Waals surface area contributed by atoms with E-state index in [1.165, 1.54) is 10.9 Å². The summed E-state index contributed by atoms with van der Waals surface area (Å²) >= 11 is 0. The SMILES string of the molecule is CNc1ncc2c(n1)N1CCC[C@H]1CN(c1cccc3c(=O)n(CCO)cnc13)C2=O. The van der Waals surface area contributed by atoms with Gasteiger partial charge >= 0.3 is 0 Å². The maximum atomic E-state index is 13.6.